The highest BCUT2D eigenvalue weighted by atomic mass is 35.5. The topological polar surface area (TPSA) is 49.9 Å². The predicted molar refractivity (Wildman–Crippen MR) is 117 cm³/mol. The molecule has 4 rings (SSSR count). The highest BCUT2D eigenvalue weighted by Gasteiger charge is 2.29. The van der Waals surface area contributed by atoms with E-state index in [0.29, 0.717) is 23.6 Å². The number of ether oxygens (including phenoxy) is 1. The number of rotatable bonds is 6. The number of likely N-dealkylation sites (tertiary alicyclic amines) is 2. The summed E-state index contributed by atoms with van der Waals surface area (Å²) in [6, 6.07) is 14.8. The molecule has 2 aromatic rings. The minimum atomic E-state index is 0.0794. The van der Waals surface area contributed by atoms with E-state index in [1.54, 1.807) is 0 Å². The lowest BCUT2D eigenvalue weighted by molar-refractivity contribution is -0.131. The van der Waals surface area contributed by atoms with Crippen molar-refractivity contribution in [3.8, 4) is 5.75 Å². The number of hydrogen-bond acceptors (Lipinski definition) is 3. The number of amides is 2. The van der Waals surface area contributed by atoms with E-state index in [2.05, 4.69) is 0 Å². The Morgan fingerprint density at radius 2 is 1.63 bits per heavy atom. The molecule has 6 heteroatoms. The molecule has 2 aliphatic rings. The second-order valence-electron chi connectivity index (χ2n) is 8.02. The minimum Gasteiger partial charge on any atom is -0.491 e. The lowest BCUT2D eigenvalue weighted by Gasteiger charge is -2.25. The fourth-order valence-electron chi connectivity index (χ4n) is 4.20. The fourth-order valence-corrected chi connectivity index (χ4v) is 4.33. The molecular formula is C24H27ClN2O3. The van der Waals surface area contributed by atoms with Gasteiger partial charge in [0, 0.05) is 30.2 Å². The maximum Gasteiger partial charge on any atom is 0.253 e. The van der Waals surface area contributed by atoms with Gasteiger partial charge in [-0.1, -0.05) is 23.7 Å². The molecule has 0 aromatic heterocycles. The van der Waals surface area contributed by atoms with Gasteiger partial charge in [-0.15, -0.1) is 0 Å². The maximum atomic E-state index is 12.8. The molecule has 0 N–H and O–H groups in total. The molecule has 30 heavy (non-hydrogen) atoms. The lowest BCUT2D eigenvalue weighted by atomic mass is 10.1. The van der Waals surface area contributed by atoms with Gasteiger partial charge in [0.15, 0.2) is 0 Å². The first-order valence-corrected chi connectivity index (χ1v) is 11.0. The van der Waals surface area contributed by atoms with Crippen molar-refractivity contribution >= 4 is 23.4 Å². The molecule has 0 aliphatic carbocycles. The van der Waals surface area contributed by atoms with E-state index < -0.39 is 0 Å². The van der Waals surface area contributed by atoms with Crippen LogP contribution < -0.4 is 4.74 Å². The Labute approximate surface area is 182 Å². The van der Waals surface area contributed by atoms with E-state index in [1.807, 2.05) is 58.3 Å². The lowest BCUT2D eigenvalue weighted by Crippen LogP contribution is -2.39. The molecule has 2 saturated heterocycles. The SMILES string of the molecule is O=C(c1ccc(OC[C@H]2CCCN2C(=O)Cc2ccc(Cl)cc2)cc1)N1CCCC1. The van der Waals surface area contributed by atoms with Gasteiger partial charge in [-0.05, 0) is 67.6 Å². The summed E-state index contributed by atoms with van der Waals surface area (Å²) < 4.78 is 5.96. The van der Waals surface area contributed by atoms with Gasteiger partial charge in [-0.3, -0.25) is 9.59 Å². The van der Waals surface area contributed by atoms with E-state index in [-0.39, 0.29) is 17.9 Å². The standard InChI is InChI=1S/C24H27ClN2O3/c25-20-9-5-18(6-10-20)16-23(28)27-15-3-4-21(27)17-30-22-11-7-19(8-12-22)24(29)26-13-1-2-14-26/h5-12,21H,1-4,13-17H2/t21-/m1/s1. The van der Waals surface area contributed by atoms with Crippen molar-refractivity contribution < 1.29 is 14.3 Å². The van der Waals surface area contributed by atoms with Crippen molar-refractivity contribution in [1.29, 1.82) is 0 Å². The highest BCUT2D eigenvalue weighted by molar-refractivity contribution is 6.30. The smallest absolute Gasteiger partial charge is 0.253 e. The van der Waals surface area contributed by atoms with Crippen LogP contribution in [-0.4, -0.2) is 53.9 Å². The number of hydrogen-bond donors (Lipinski definition) is 0. The van der Waals surface area contributed by atoms with Crippen LogP contribution in [0.4, 0.5) is 0 Å². The van der Waals surface area contributed by atoms with Gasteiger partial charge in [0.1, 0.15) is 12.4 Å². The third-order valence-corrected chi connectivity index (χ3v) is 6.15. The third-order valence-electron chi connectivity index (χ3n) is 5.90. The molecule has 0 spiro atoms. The van der Waals surface area contributed by atoms with Crippen molar-refractivity contribution in [2.45, 2.75) is 38.1 Å². The normalized spacial score (nSPS) is 18.6. The van der Waals surface area contributed by atoms with Crippen LogP contribution in [0, 0.1) is 0 Å². The molecule has 0 unspecified atom stereocenters. The van der Waals surface area contributed by atoms with Crippen molar-refractivity contribution in [3.63, 3.8) is 0 Å². The Bertz CT molecular complexity index is 876. The minimum absolute atomic E-state index is 0.0794. The van der Waals surface area contributed by atoms with Crippen LogP contribution in [0.3, 0.4) is 0 Å². The molecular weight excluding hydrogens is 400 g/mol. The Morgan fingerprint density at radius 3 is 2.33 bits per heavy atom. The zero-order valence-electron chi connectivity index (χ0n) is 17.1. The molecule has 2 aromatic carbocycles. The van der Waals surface area contributed by atoms with Crippen LogP contribution in [0.25, 0.3) is 0 Å². The van der Waals surface area contributed by atoms with Gasteiger partial charge in [0.05, 0.1) is 12.5 Å². The van der Waals surface area contributed by atoms with Crippen molar-refractivity contribution in [2.24, 2.45) is 0 Å². The molecule has 0 bridgehead atoms. The molecule has 2 fully saturated rings. The van der Waals surface area contributed by atoms with Crippen LogP contribution >= 0.6 is 11.6 Å². The highest BCUT2D eigenvalue weighted by Crippen LogP contribution is 2.22. The average molecular weight is 427 g/mol. The summed E-state index contributed by atoms with van der Waals surface area (Å²) in [7, 11) is 0. The van der Waals surface area contributed by atoms with E-state index in [1.165, 1.54) is 0 Å². The van der Waals surface area contributed by atoms with Gasteiger partial charge >= 0.3 is 0 Å². The first kappa shape index (κ1) is 20.7. The second kappa shape index (κ2) is 9.52. The zero-order chi connectivity index (χ0) is 20.9. The second-order valence-corrected chi connectivity index (χ2v) is 8.46. The van der Waals surface area contributed by atoms with E-state index in [0.717, 1.165) is 56.6 Å². The van der Waals surface area contributed by atoms with Gasteiger partial charge in [-0.25, -0.2) is 0 Å². The fraction of sp³-hybridized carbons (Fsp3) is 0.417. The molecule has 158 valence electrons. The zero-order valence-corrected chi connectivity index (χ0v) is 17.8. The summed E-state index contributed by atoms with van der Waals surface area (Å²) in [5.74, 6) is 0.939. The van der Waals surface area contributed by atoms with Crippen LogP contribution in [-0.2, 0) is 11.2 Å². The van der Waals surface area contributed by atoms with Gasteiger partial charge in [0.2, 0.25) is 5.91 Å². The van der Waals surface area contributed by atoms with E-state index in [9.17, 15) is 9.59 Å². The summed E-state index contributed by atoms with van der Waals surface area (Å²) in [6.07, 6.45) is 4.48. The summed E-state index contributed by atoms with van der Waals surface area (Å²) in [6.45, 7) is 2.92. The number of halogens is 1. The maximum absolute atomic E-state index is 12.8. The van der Waals surface area contributed by atoms with Crippen molar-refractivity contribution in [2.75, 3.05) is 26.2 Å². The van der Waals surface area contributed by atoms with E-state index >= 15 is 0 Å². The Morgan fingerprint density at radius 1 is 0.933 bits per heavy atom. The molecule has 2 heterocycles. The average Bonchev–Trinajstić information content (AvgIpc) is 3.46. The largest absolute Gasteiger partial charge is 0.491 e. The Balaban J connectivity index is 1.30. The molecule has 2 amide bonds. The molecule has 5 nitrogen and oxygen atoms in total. The predicted octanol–water partition coefficient (Wildman–Crippen LogP) is 4.19. The van der Waals surface area contributed by atoms with E-state index in [4.69, 9.17) is 16.3 Å². The quantitative estimate of drug-likeness (QED) is 0.696. The Kier molecular flexibility index (Phi) is 6.58. The van der Waals surface area contributed by atoms with Crippen LogP contribution in [0.2, 0.25) is 5.02 Å². The Hall–Kier alpha value is -2.53. The number of carbonyl (C=O) groups is 2. The summed E-state index contributed by atoms with van der Waals surface area (Å²) in [5, 5.41) is 0.673. The number of benzene rings is 2. The number of nitrogens with zero attached hydrogens (tertiary/aromatic N) is 2. The number of carbonyl (C=O) groups excluding carboxylic acids is 2. The molecule has 0 radical (unpaired) electrons. The van der Waals surface area contributed by atoms with Gasteiger partial charge in [0.25, 0.3) is 5.91 Å². The summed E-state index contributed by atoms with van der Waals surface area (Å²) in [5.41, 5.74) is 1.67. The van der Waals surface area contributed by atoms with Gasteiger partial charge in [-0.2, -0.15) is 0 Å². The first-order chi connectivity index (χ1) is 14.6. The molecule has 2 aliphatic heterocycles. The van der Waals surface area contributed by atoms with Crippen molar-refractivity contribution in [1.82, 2.24) is 9.80 Å². The van der Waals surface area contributed by atoms with Gasteiger partial charge < -0.3 is 14.5 Å². The van der Waals surface area contributed by atoms with Crippen LogP contribution in [0.5, 0.6) is 5.75 Å². The first-order valence-electron chi connectivity index (χ1n) is 10.7. The van der Waals surface area contributed by atoms with Crippen LogP contribution in [0.15, 0.2) is 48.5 Å². The molecule has 0 saturated carbocycles. The summed E-state index contributed by atoms with van der Waals surface area (Å²) >= 11 is 5.93. The monoisotopic (exact) mass is 426 g/mol. The third kappa shape index (κ3) is 4.96. The van der Waals surface area contributed by atoms with Crippen molar-refractivity contribution in [3.05, 3.63) is 64.7 Å². The summed E-state index contributed by atoms with van der Waals surface area (Å²) in [4.78, 5) is 29.0. The molecule has 1 atom stereocenters. The van der Waals surface area contributed by atoms with Crippen LogP contribution in [0.1, 0.15) is 41.6 Å².